The third-order valence-electron chi connectivity index (χ3n) is 4.71. The van der Waals surface area contributed by atoms with Gasteiger partial charge in [-0.2, -0.15) is 8.42 Å². The second-order valence-corrected chi connectivity index (χ2v) is 10.8. The summed E-state index contributed by atoms with van der Waals surface area (Å²) in [6.45, 7) is 1.96. The fourth-order valence-electron chi connectivity index (χ4n) is 2.97. The van der Waals surface area contributed by atoms with Crippen LogP contribution in [0.2, 0.25) is 0 Å². The van der Waals surface area contributed by atoms with E-state index in [4.69, 9.17) is 4.18 Å². The van der Waals surface area contributed by atoms with Crippen LogP contribution in [-0.4, -0.2) is 24.4 Å². The lowest BCUT2D eigenvalue weighted by molar-refractivity contribution is -0.384. The van der Waals surface area contributed by atoms with E-state index >= 15 is 0 Å². The number of rotatable bonds is 6. The largest absolute Gasteiger partial charge is 0.378 e. The molecule has 1 heterocycles. The Kier molecular flexibility index (Phi) is 7.05. The van der Waals surface area contributed by atoms with Crippen LogP contribution in [0.5, 0.6) is 5.75 Å². The zero-order chi connectivity index (χ0) is 25.2. The number of nitro groups is 1. The van der Waals surface area contributed by atoms with Crippen molar-refractivity contribution >= 4 is 66.3 Å². The van der Waals surface area contributed by atoms with Crippen molar-refractivity contribution in [3.05, 3.63) is 97.3 Å². The van der Waals surface area contributed by atoms with Gasteiger partial charge in [0, 0.05) is 22.2 Å². The predicted molar refractivity (Wildman–Crippen MR) is 137 cm³/mol. The van der Waals surface area contributed by atoms with Gasteiger partial charge in [0.2, 0.25) is 0 Å². The summed E-state index contributed by atoms with van der Waals surface area (Å²) in [4.78, 5) is 27.2. The Hall–Kier alpha value is -3.48. The maximum atomic E-state index is 12.8. The first kappa shape index (κ1) is 24.6. The molecule has 3 aromatic rings. The number of benzene rings is 3. The van der Waals surface area contributed by atoms with E-state index in [2.05, 4.69) is 26.2 Å². The lowest BCUT2D eigenvalue weighted by atomic mass is 10.2. The predicted octanol–water partition coefficient (Wildman–Crippen LogP) is 5.33. The Morgan fingerprint density at radius 3 is 2.43 bits per heavy atom. The summed E-state index contributed by atoms with van der Waals surface area (Å²) in [5.41, 5.74) is 1.85. The van der Waals surface area contributed by atoms with Crippen LogP contribution in [0, 0.1) is 17.0 Å². The monoisotopic (exact) mass is 573 g/mol. The van der Waals surface area contributed by atoms with Crippen molar-refractivity contribution in [3.8, 4) is 5.75 Å². The van der Waals surface area contributed by atoms with Crippen molar-refractivity contribution in [2.75, 3.05) is 0 Å². The molecule has 9 nitrogen and oxygen atoms in total. The van der Waals surface area contributed by atoms with Crippen LogP contribution in [0.25, 0.3) is 6.08 Å². The summed E-state index contributed by atoms with van der Waals surface area (Å²) in [6, 6.07) is 16.5. The normalized spacial score (nSPS) is 15.9. The smallest absolute Gasteiger partial charge is 0.339 e. The first-order valence-electron chi connectivity index (χ1n) is 9.95. The topological polar surface area (TPSA) is 128 Å². The van der Waals surface area contributed by atoms with Gasteiger partial charge in [-0.1, -0.05) is 33.6 Å². The van der Waals surface area contributed by atoms with E-state index in [1.807, 2.05) is 31.2 Å². The molecule has 0 aromatic heterocycles. The van der Waals surface area contributed by atoms with Crippen molar-refractivity contribution in [2.45, 2.75) is 11.8 Å². The van der Waals surface area contributed by atoms with Crippen LogP contribution in [0.15, 0.2) is 86.0 Å². The Labute approximate surface area is 213 Å². The number of halogens is 1. The third-order valence-corrected chi connectivity index (χ3v) is 7.36. The Morgan fingerprint density at radius 1 is 1.09 bits per heavy atom. The van der Waals surface area contributed by atoms with Crippen LogP contribution >= 0.6 is 27.7 Å². The number of nitro benzene ring substituents is 1. The number of nitrogens with zero attached hydrogens (tertiary/aromatic N) is 2. The number of amidine groups is 1. The van der Waals surface area contributed by atoms with Gasteiger partial charge < -0.3 is 9.50 Å². The second-order valence-electron chi connectivity index (χ2n) is 7.29. The SMILES string of the molecule is Cc1ccc(N=C2NC(=O)/C(=C/c3cc(Br)ccc3OS(=O)(=O)c3ccc([N+](=O)[O-])cc3)S2)cc1. The lowest BCUT2D eigenvalue weighted by Gasteiger charge is -2.10. The molecule has 1 saturated heterocycles. The van der Waals surface area contributed by atoms with E-state index < -0.39 is 15.0 Å². The molecule has 12 heteroatoms. The number of aryl methyl sites for hydroxylation is 1. The molecule has 1 aliphatic rings. The van der Waals surface area contributed by atoms with Gasteiger partial charge in [0.25, 0.3) is 11.6 Å². The van der Waals surface area contributed by atoms with Gasteiger partial charge in [0.05, 0.1) is 15.5 Å². The zero-order valence-electron chi connectivity index (χ0n) is 18.0. The van der Waals surface area contributed by atoms with Gasteiger partial charge in [-0.25, -0.2) is 4.99 Å². The molecule has 0 saturated carbocycles. The molecule has 0 bridgehead atoms. The van der Waals surface area contributed by atoms with E-state index in [0.717, 1.165) is 41.6 Å². The molecular weight excluding hydrogens is 558 g/mol. The molecule has 0 atom stereocenters. The van der Waals surface area contributed by atoms with Crippen molar-refractivity contribution in [3.63, 3.8) is 0 Å². The van der Waals surface area contributed by atoms with Crippen LogP contribution in [0.4, 0.5) is 11.4 Å². The van der Waals surface area contributed by atoms with E-state index in [1.54, 1.807) is 12.1 Å². The summed E-state index contributed by atoms with van der Waals surface area (Å²) in [5, 5.41) is 13.9. The fourth-order valence-corrected chi connectivity index (χ4v) is 5.13. The molecule has 1 fully saturated rings. The maximum Gasteiger partial charge on any atom is 0.339 e. The van der Waals surface area contributed by atoms with Crippen LogP contribution in [0.1, 0.15) is 11.1 Å². The molecule has 1 N–H and O–H groups in total. The van der Waals surface area contributed by atoms with E-state index in [-0.39, 0.29) is 22.2 Å². The molecule has 1 amide bonds. The van der Waals surface area contributed by atoms with E-state index in [9.17, 15) is 23.3 Å². The highest BCUT2D eigenvalue weighted by Gasteiger charge is 2.25. The molecule has 0 spiro atoms. The number of hydrogen-bond acceptors (Lipinski definition) is 8. The number of hydrogen-bond donors (Lipinski definition) is 1. The Morgan fingerprint density at radius 2 is 1.77 bits per heavy atom. The van der Waals surface area contributed by atoms with Gasteiger partial charge >= 0.3 is 10.1 Å². The minimum Gasteiger partial charge on any atom is -0.378 e. The van der Waals surface area contributed by atoms with Gasteiger partial charge in [-0.3, -0.25) is 14.9 Å². The van der Waals surface area contributed by atoms with Gasteiger partial charge in [-0.05, 0) is 67.2 Å². The van der Waals surface area contributed by atoms with Gasteiger partial charge in [0.1, 0.15) is 10.6 Å². The van der Waals surface area contributed by atoms with Crippen molar-refractivity contribution in [2.24, 2.45) is 4.99 Å². The fraction of sp³-hybridized carbons (Fsp3) is 0.0435. The van der Waals surface area contributed by atoms with Crippen molar-refractivity contribution in [1.82, 2.24) is 5.32 Å². The zero-order valence-corrected chi connectivity index (χ0v) is 21.2. The van der Waals surface area contributed by atoms with Crippen LogP contribution in [0.3, 0.4) is 0 Å². The number of carbonyl (C=O) groups excluding carboxylic acids is 1. The molecule has 35 heavy (non-hydrogen) atoms. The summed E-state index contributed by atoms with van der Waals surface area (Å²) < 4.78 is 31.5. The number of amides is 1. The standard InChI is InChI=1S/C23H16BrN3O6S2/c1-14-2-5-17(6-3-14)25-23-26-22(28)21(34-23)13-15-12-16(24)4-11-20(15)33-35(31,32)19-9-7-18(8-10-19)27(29)30/h2-13H,1H3,(H,25,26,28)/b21-13-. The maximum absolute atomic E-state index is 12.8. The molecule has 0 unspecified atom stereocenters. The second kappa shape index (κ2) is 10.0. The molecular formula is C23H16BrN3O6S2. The van der Waals surface area contributed by atoms with Gasteiger partial charge in [0.15, 0.2) is 5.17 Å². The average Bonchev–Trinajstić information content (AvgIpc) is 3.15. The number of nitrogens with one attached hydrogen (secondary N) is 1. The lowest BCUT2D eigenvalue weighted by Crippen LogP contribution is -2.19. The van der Waals surface area contributed by atoms with Crippen molar-refractivity contribution < 1.29 is 22.3 Å². The minimum absolute atomic E-state index is 0.0172. The minimum atomic E-state index is -4.29. The molecule has 4 rings (SSSR count). The first-order chi connectivity index (χ1) is 16.6. The molecule has 0 radical (unpaired) electrons. The van der Waals surface area contributed by atoms with Crippen LogP contribution in [-0.2, 0) is 14.9 Å². The first-order valence-corrected chi connectivity index (χ1v) is 13.0. The summed E-state index contributed by atoms with van der Waals surface area (Å²) >= 11 is 4.45. The number of carbonyl (C=O) groups is 1. The Bertz CT molecular complexity index is 1480. The number of non-ortho nitro benzene ring substituents is 1. The molecule has 0 aliphatic carbocycles. The van der Waals surface area contributed by atoms with E-state index in [1.165, 1.54) is 12.1 Å². The summed E-state index contributed by atoms with van der Waals surface area (Å²) in [5.74, 6) is -0.401. The quantitative estimate of drug-likeness (QED) is 0.183. The number of aliphatic imine (C=N–C) groups is 1. The Balaban J connectivity index is 1.61. The highest BCUT2D eigenvalue weighted by atomic mass is 79.9. The molecule has 178 valence electrons. The van der Waals surface area contributed by atoms with Crippen LogP contribution < -0.4 is 9.50 Å². The highest BCUT2D eigenvalue weighted by molar-refractivity contribution is 9.10. The molecule has 1 aliphatic heterocycles. The van der Waals surface area contributed by atoms with Crippen molar-refractivity contribution in [1.29, 1.82) is 0 Å². The van der Waals surface area contributed by atoms with E-state index in [0.29, 0.717) is 25.8 Å². The molecule has 3 aromatic carbocycles. The highest BCUT2D eigenvalue weighted by Crippen LogP contribution is 2.33. The summed E-state index contributed by atoms with van der Waals surface area (Å²) in [6.07, 6.45) is 1.50. The van der Waals surface area contributed by atoms with Gasteiger partial charge in [-0.15, -0.1) is 0 Å². The summed E-state index contributed by atoms with van der Waals surface area (Å²) in [7, 11) is -4.29. The number of thioether (sulfide) groups is 1. The third kappa shape index (κ3) is 5.96. The average molecular weight is 574 g/mol.